The molecule has 1 aliphatic carbocycles. The predicted molar refractivity (Wildman–Crippen MR) is 72.9 cm³/mol. The molecule has 6 heteroatoms. The molecule has 0 heterocycles. The molecule has 0 spiro atoms. The van der Waals surface area contributed by atoms with Crippen molar-refractivity contribution in [2.75, 3.05) is 12.3 Å². The van der Waals surface area contributed by atoms with Gasteiger partial charge in [0.15, 0.2) is 0 Å². The number of carboxylic acid groups (broad SMARTS) is 1. The Balaban J connectivity index is 2.76. The molecule has 0 aliphatic heterocycles. The SMILES string of the molecule is C[C@H](CS)C(=O)N(CC(=O)O)N=C1CCCCC1. The zero-order chi connectivity index (χ0) is 13.5. The molecule has 1 saturated carbocycles. The molecule has 0 bridgehead atoms. The van der Waals surface area contributed by atoms with Crippen molar-refractivity contribution in [1.29, 1.82) is 0 Å². The third kappa shape index (κ3) is 4.68. The molecular weight excluding hydrogens is 252 g/mol. The van der Waals surface area contributed by atoms with Gasteiger partial charge in [-0.05, 0) is 25.7 Å². The fourth-order valence-electron chi connectivity index (χ4n) is 1.85. The summed E-state index contributed by atoms with van der Waals surface area (Å²) in [5, 5.41) is 14.2. The summed E-state index contributed by atoms with van der Waals surface area (Å²) in [4.78, 5) is 22.8. The maximum absolute atomic E-state index is 12.0. The Morgan fingerprint density at radius 2 is 2.00 bits per heavy atom. The Bertz CT molecular complexity index is 336. The van der Waals surface area contributed by atoms with E-state index in [2.05, 4.69) is 17.7 Å². The first-order valence-electron chi connectivity index (χ1n) is 6.25. The average Bonchev–Trinajstić information content (AvgIpc) is 2.37. The van der Waals surface area contributed by atoms with Gasteiger partial charge in [-0.25, -0.2) is 5.01 Å². The second kappa shape index (κ2) is 7.41. The van der Waals surface area contributed by atoms with E-state index in [0.717, 1.165) is 36.4 Å². The lowest BCUT2D eigenvalue weighted by Gasteiger charge is -2.21. The summed E-state index contributed by atoms with van der Waals surface area (Å²) in [6.45, 7) is 1.35. The predicted octanol–water partition coefficient (Wildman–Crippen LogP) is 1.79. The van der Waals surface area contributed by atoms with E-state index in [-0.39, 0.29) is 18.4 Å². The highest BCUT2D eigenvalue weighted by molar-refractivity contribution is 7.80. The first-order chi connectivity index (χ1) is 8.54. The zero-order valence-electron chi connectivity index (χ0n) is 10.6. The van der Waals surface area contributed by atoms with Crippen LogP contribution in [0.5, 0.6) is 0 Å². The molecule has 1 rings (SSSR count). The highest BCUT2D eigenvalue weighted by Gasteiger charge is 2.22. The van der Waals surface area contributed by atoms with Crippen molar-refractivity contribution in [3.63, 3.8) is 0 Å². The number of hydrogen-bond donors (Lipinski definition) is 2. The molecule has 0 saturated heterocycles. The van der Waals surface area contributed by atoms with E-state index in [9.17, 15) is 9.59 Å². The molecule has 0 radical (unpaired) electrons. The van der Waals surface area contributed by atoms with Gasteiger partial charge < -0.3 is 5.11 Å². The number of thiol groups is 1. The number of nitrogens with zero attached hydrogens (tertiary/aromatic N) is 2. The van der Waals surface area contributed by atoms with Crippen LogP contribution in [0.15, 0.2) is 5.10 Å². The lowest BCUT2D eigenvalue weighted by molar-refractivity contribution is -0.145. The monoisotopic (exact) mass is 272 g/mol. The first kappa shape index (κ1) is 15.0. The standard InChI is InChI=1S/C12H20N2O3S/c1-9(8-18)12(17)14(7-11(15)16)13-10-5-3-2-4-6-10/h9,18H,2-8H2,1H3,(H,15,16)/t9-/m1/s1. The van der Waals surface area contributed by atoms with Crippen LogP contribution in [-0.4, -0.2) is 40.0 Å². The van der Waals surface area contributed by atoms with Gasteiger partial charge in [0.25, 0.3) is 0 Å². The Labute approximate surface area is 113 Å². The van der Waals surface area contributed by atoms with Crippen LogP contribution in [0.1, 0.15) is 39.0 Å². The quantitative estimate of drug-likeness (QED) is 0.592. The Morgan fingerprint density at radius 3 is 2.50 bits per heavy atom. The normalized spacial score (nSPS) is 17.1. The van der Waals surface area contributed by atoms with E-state index in [1.54, 1.807) is 6.92 Å². The number of rotatable bonds is 5. The Hall–Kier alpha value is -1.04. The van der Waals surface area contributed by atoms with E-state index in [0.29, 0.717) is 5.75 Å². The van der Waals surface area contributed by atoms with Crippen LogP contribution in [0.3, 0.4) is 0 Å². The van der Waals surface area contributed by atoms with Gasteiger partial charge in [0.05, 0.1) is 0 Å². The highest BCUT2D eigenvalue weighted by atomic mass is 32.1. The minimum absolute atomic E-state index is 0.273. The van der Waals surface area contributed by atoms with Crippen LogP contribution in [0, 0.1) is 5.92 Å². The number of aliphatic carboxylic acids is 1. The number of amides is 1. The maximum Gasteiger partial charge on any atom is 0.325 e. The summed E-state index contributed by atoms with van der Waals surface area (Å²) in [7, 11) is 0. The van der Waals surface area contributed by atoms with Crippen molar-refractivity contribution in [3.05, 3.63) is 0 Å². The number of carboxylic acids is 1. The molecule has 1 aliphatic rings. The Morgan fingerprint density at radius 1 is 1.39 bits per heavy atom. The largest absolute Gasteiger partial charge is 0.480 e. The first-order valence-corrected chi connectivity index (χ1v) is 6.88. The van der Waals surface area contributed by atoms with Crippen LogP contribution < -0.4 is 0 Å². The van der Waals surface area contributed by atoms with Gasteiger partial charge in [0.2, 0.25) is 5.91 Å². The molecule has 1 amide bonds. The highest BCUT2D eigenvalue weighted by Crippen LogP contribution is 2.16. The molecule has 1 N–H and O–H groups in total. The van der Waals surface area contributed by atoms with Gasteiger partial charge in [-0.2, -0.15) is 17.7 Å². The molecule has 0 unspecified atom stereocenters. The van der Waals surface area contributed by atoms with Crippen LogP contribution in [0.2, 0.25) is 0 Å². The van der Waals surface area contributed by atoms with E-state index in [1.165, 1.54) is 6.42 Å². The van der Waals surface area contributed by atoms with Gasteiger partial charge in [-0.3, -0.25) is 9.59 Å². The number of hydrogen-bond acceptors (Lipinski definition) is 4. The summed E-state index contributed by atoms with van der Waals surface area (Å²) in [5.41, 5.74) is 0.933. The smallest absolute Gasteiger partial charge is 0.325 e. The molecule has 0 aromatic carbocycles. The van der Waals surface area contributed by atoms with E-state index in [4.69, 9.17) is 5.11 Å². The lowest BCUT2D eigenvalue weighted by Crippen LogP contribution is -2.36. The summed E-state index contributed by atoms with van der Waals surface area (Å²) in [6.07, 6.45) is 5.03. The van der Waals surface area contributed by atoms with Crippen LogP contribution in [-0.2, 0) is 9.59 Å². The molecule has 1 atom stereocenters. The molecule has 5 nitrogen and oxygen atoms in total. The van der Waals surface area contributed by atoms with Crippen molar-refractivity contribution >= 4 is 30.2 Å². The van der Waals surface area contributed by atoms with Crippen molar-refractivity contribution in [3.8, 4) is 0 Å². The van der Waals surface area contributed by atoms with Crippen molar-refractivity contribution in [1.82, 2.24) is 5.01 Å². The number of carbonyl (C=O) groups is 2. The molecular formula is C12H20N2O3S. The second-order valence-electron chi connectivity index (χ2n) is 4.60. The van der Waals surface area contributed by atoms with Crippen molar-refractivity contribution < 1.29 is 14.7 Å². The summed E-state index contributed by atoms with van der Waals surface area (Å²) < 4.78 is 0. The minimum Gasteiger partial charge on any atom is -0.480 e. The summed E-state index contributed by atoms with van der Waals surface area (Å²) >= 11 is 4.06. The van der Waals surface area contributed by atoms with Crippen LogP contribution >= 0.6 is 12.6 Å². The molecule has 102 valence electrons. The number of carbonyl (C=O) groups excluding carboxylic acids is 1. The van der Waals surface area contributed by atoms with Crippen molar-refractivity contribution in [2.24, 2.45) is 11.0 Å². The third-order valence-electron chi connectivity index (χ3n) is 2.93. The van der Waals surface area contributed by atoms with Crippen molar-refractivity contribution in [2.45, 2.75) is 39.0 Å². The molecule has 18 heavy (non-hydrogen) atoms. The van der Waals surface area contributed by atoms with Gasteiger partial charge in [0, 0.05) is 17.4 Å². The maximum atomic E-state index is 12.0. The zero-order valence-corrected chi connectivity index (χ0v) is 11.5. The molecule has 1 fully saturated rings. The average molecular weight is 272 g/mol. The molecule has 0 aromatic rings. The van der Waals surface area contributed by atoms with E-state index >= 15 is 0 Å². The minimum atomic E-state index is -1.05. The third-order valence-corrected chi connectivity index (χ3v) is 3.48. The van der Waals surface area contributed by atoms with Crippen LogP contribution in [0.25, 0.3) is 0 Å². The summed E-state index contributed by atoms with van der Waals surface area (Å²) in [5.74, 6) is -1.25. The second-order valence-corrected chi connectivity index (χ2v) is 4.97. The van der Waals surface area contributed by atoms with E-state index < -0.39 is 5.97 Å². The summed E-state index contributed by atoms with van der Waals surface area (Å²) in [6, 6.07) is 0. The van der Waals surface area contributed by atoms with Crippen LogP contribution in [0.4, 0.5) is 0 Å². The Kier molecular flexibility index (Phi) is 6.18. The topological polar surface area (TPSA) is 70.0 Å². The molecule has 0 aromatic heterocycles. The lowest BCUT2D eigenvalue weighted by atomic mass is 9.99. The van der Waals surface area contributed by atoms with Gasteiger partial charge >= 0.3 is 5.97 Å². The van der Waals surface area contributed by atoms with E-state index in [1.807, 2.05) is 0 Å². The fraction of sp³-hybridized carbons (Fsp3) is 0.750. The van der Waals surface area contributed by atoms with Gasteiger partial charge in [-0.15, -0.1) is 0 Å². The van der Waals surface area contributed by atoms with Gasteiger partial charge in [-0.1, -0.05) is 13.3 Å². The fourth-order valence-corrected chi connectivity index (χ4v) is 2.01. The number of hydrazone groups is 1. The van der Waals surface area contributed by atoms with Gasteiger partial charge in [0.1, 0.15) is 6.54 Å².